The summed E-state index contributed by atoms with van der Waals surface area (Å²) in [6.07, 6.45) is 4.46. The Balaban J connectivity index is 1.95. The van der Waals surface area contributed by atoms with Gasteiger partial charge in [-0.15, -0.1) is 0 Å². The van der Waals surface area contributed by atoms with E-state index in [4.69, 9.17) is 5.26 Å². The average molecular weight is 274 g/mol. The number of halogens is 1. The molecule has 2 aliphatic rings. The highest BCUT2D eigenvalue weighted by Gasteiger charge is 2.45. The molecule has 3 nitrogen and oxygen atoms in total. The maximum absolute atomic E-state index is 14.2. The zero-order valence-corrected chi connectivity index (χ0v) is 11.6. The van der Waals surface area contributed by atoms with Crippen molar-refractivity contribution >= 4 is 0 Å². The second-order valence-electron chi connectivity index (χ2n) is 6.15. The number of piperidine rings is 2. The van der Waals surface area contributed by atoms with Gasteiger partial charge in [0.2, 0.25) is 0 Å². The molecule has 1 aromatic carbocycles. The zero-order chi connectivity index (χ0) is 14.3. The summed E-state index contributed by atoms with van der Waals surface area (Å²) in [6.45, 7) is 0. The van der Waals surface area contributed by atoms with Gasteiger partial charge in [-0.3, -0.25) is 0 Å². The molecule has 0 aliphatic carbocycles. The normalized spacial score (nSPS) is 33.7. The van der Waals surface area contributed by atoms with E-state index < -0.39 is 11.4 Å². The molecule has 2 heterocycles. The SMILES string of the molecule is CN1C2CCCC1CC(O)(c1ccc(C#N)cc1F)C2. The molecule has 2 saturated heterocycles. The molecule has 0 saturated carbocycles. The fourth-order valence-electron chi connectivity index (χ4n) is 3.83. The van der Waals surface area contributed by atoms with Gasteiger partial charge in [0.15, 0.2) is 0 Å². The topological polar surface area (TPSA) is 47.3 Å². The number of hydrogen-bond acceptors (Lipinski definition) is 3. The largest absolute Gasteiger partial charge is 0.385 e. The summed E-state index contributed by atoms with van der Waals surface area (Å²) in [5.74, 6) is -0.464. The van der Waals surface area contributed by atoms with Crippen LogP contribution in [0.15, 0.2) is 18.2 Å². The quantitative estimate of drug-likeness (QED) is 0.856. The van der Waals surface area contributed by atoms with Crippen molar-refractivity contribution in [3.63, 3.8) is 0 Å². The lowest BCUT2D eigenvalue weighted by Crippen LogP contribution is -2.55. The van der Waals surface area contributed by atoms with Crippen LogP contribution in [-0.2, 0) is 5.60 Å². The van der Waals surface area contributed by atoms with E-state index in [0.717, 1.165) is 12.8 Å². The van der Waals surface area contributed by atoms with Gasteiger partial charge in [0.1, 0.15) is 5.82 Å². The van der Waals surface area contributed by atoms with Crippen LogP contribution in [0.3, 0.4) is 0 Å². The van der Waals surface area contributed by atoms with E-state index >= 15 is 0 Å². The molecule has 0 spiro atoms. The maximum atomic E-state index is 14.2. The molecule has 4 heteroatoms. The lowest BCUT2D eigenvalue weighted by molar-refractivity contribution is -0.0891. The Bertz CT molecular complexity index is 552. The Morgan fingerprint density at radius 1 is 1.35 bits per heavy atom. The molecule has 2 bridgehead atoms. The second-order valence-corrected chi connectivity index (χ2v) is 6.15. The Kier molecular flexibility index (Phi) is 3.27. The van der Waals surface area contributed by atoms with Gasteiger partial charge in [-0.2, -0.15) is 5.26 Å². The molecule has 1 aromatic rings. The van der Waals surface area contributed by atoms with Crippen molar-refractivity contribution in [2.24, 2.45) is 0 Å². The minimum absolute atomic E-state index is 0.294. The summed E-state index contributed by atoms with van der Waals surface area (Å²) in [4.78, 5) is 2.33. The highest BCUT2D eigenvalue weighted by atomic mass is 19.1. The lowest BCUT2D eigenvalue weighted by Gasteiger charge is -2.50. The predicted molar refractivity (Wildman–Crippen MR) is 73.4 cm³/mol. The Hall–Kier alpha value is -1.44. The van der Waals surface area contributed by atoms with Crippen LogP contribution >= 0.6 is 0 Å². The molecule has 106 valence electrons. The molecule has 3 rings (SSSR count). The summed E-state index contributed by atoms with van der Waals surface area (Å²) in [6, 6.07) is 6.96. The van der Waals surface area contributed by atoms with Gasteiger partial charge in [0.25, 0.3) is 0 Å². The fraction of sp³-hybridized carbons (Fsp3) is 0.562. The van der Waals surface area contributed by atoms with Gasteiger partial charge in [-0.25, -0.2) is 4.39 Å². The molecule has 2 aliphatic heterocycles. The predicted octanol–water partition coefficient (Wildman–Crippen LogP) is 2.53. The second kappa shape index (κ2) is 4.83. The van der Waals surface area contributed by atoms with Crippen LogP contribution in [-0.4, -0.2) is 29.1 Å². The van der Waals surface area contributed by atoms with Gasteiger partial charge < -0.3 is 10.0 Å². The van der Waals surface area contributed by atoms with Crippen LogP contribution in [0.4, 0.5) is 4.39 Å². The summed E-state index contributed by atoms with van der Waals surface area (Å²) in [7, 11) is 2.10. The number of nitriles is 1. The first-order chi connectivity index (χ1) is 9.53. The van der Waals surface area contributed by atoms with Crippen molar-refractivity contribution in [3.8, 4) is 6.07 Å². The van der Waals surface area contributed by atoms with Gasteiger partial charge in [0, 0.05) is 17.6 Å². The van der Waals surface area contributed by atoms with E-state index in [-0.39, 0.29) is 0 Å². The minimum atomic E-state index is -1.10. The van der Waals surface area contributed by atoms with E-state index in [9.17, 15) is 9.50 Å². The molecule has 1 N–H and O–H groups in total. The van der Waals surface area contributed by atoms with E-state index in [0.29, 0.717) is 36.1 Å². The highest BCUT2D eigenvalue weighted by Crippen LogP contribution is 2.44. The third-order valence-electron chi connectivity index (χ3n) is 4.97. The van der Waals surface area contributed by atoms with Crippen molar-refractivity contribution < 1.29 is 9.50 Å². The smallest absolute Gasteiger partial charge is 0.130 e. The van der Waals surface area contributed by atoms with Gasteiger partial charge >= 0.3 is 0 Å². The molecule has 2 unspecified atom stereocenters. The molecule has 0 radical (unpaired) electrons. The average Bonchev–Trinajstić information content (AvgIpc) is 2.40. The van der Waals surface area contributed by atoms with Crippen LogP contribution in [0.2, 0.25) is 0 Å². The van der Waals surface area contributed by atoms with Crippen molar-refractivity contribution in [2.45, 2.75) is 49.8 Å². The monoisotopic (exact) mass is 274 g/mol. The molecule has 20 heavy (non-hydrogen) atoms. The first kappa shape index (κ1) is 13.5. The molecule has 0 aromatic heterocycles. The number of benzene rings is 1. The lowest BCUT2D eigenvalue weighted by atomic mass is 9.72. The Labute approximate surface area is 118 Å². The third-order valence-corrected chi connectivity index (χ3v) is 4.97. The van der Waals surface area contributed by atoms with Crippen LogP contribution in [0.5, 0.6) is 0 Å². The summed E-state index contributed by atoms with van der Waals surface area (Å²) >= 11 is 0. The van der Waals surface area contributed by atoms with Crippen LogP contribution < -0.4 is 0 Å². The van der Waals surface area contributed by atoms with Crippen LogP contribution in [0.25, 0.3) is 0 Å². The maximum Gasteiger partial charge on any atom is 0.130 e. The number of aliphatic hydroxyl groups is 1. The minimum Gasteiger partial charge on any atom is -0.385 e. The third kappa shape index (κ3) is 2.11. The van der Waals surface area contributed by atoms with Crippen molar-refractivity contribution in [3.05, 3.63) is 35.1 Å². The van der Waals surface area contributed by atoms with E-state index in [2.05, 4.69) is 11.9 Å². The van der Waals surface area contributed by atoms with Gasteiger partial charge in [-0.1, -0.05) is 12.5 Å². The Morgan fingerprint density at radius 3 is 2.55 bits per heavy atom. The number of rotatable bonds is 1. The molecule has 0 amide bonds. The Morgan fingerprint density at radius 2 is 2.00 bits per heavy atom. The van der Waals surface area contributed by atoms with Crippen LogP contribution in [0, 0.1) is 17.1 Å². The number of hydrogen-bond donors (Lipinski definition) is 1. The van der Waals surface area contributed by atoms with Crippen molar-refractivity contribution in [1.82, 2.24) is 4.90 Å². The summed E-state index contributed by atoms with van der Waals surface area (Å²) in [5.41, 5.74) is -0.454. The zero-order valence-electron chi connectivity index (χ0n) is 11.6. The molecular weight excluding hydrogens is 255 g/mol. The van der Waals surface area contributed by atoms with E-state index in [1.54, 1.807) is 12.1 Å². The first-order valence-electron chi connectivity index (χ1n) is 7.18. The first-order valence-corrected chi connectivity index (χ1v) is 7.18. The number of nitrogens with zero attached hydrogens (tertiary/aromatic N) is 2. The van der Waals surface area contributed by atoms with Gasteiger partial charge in [-0.05, 0) is 44.9 Å². The van der Waals surface area contributed by atoms with E-state index in [1.807, 2.05) is 6.07 Å². The van der Waals surface area contributed by atoms with Gasteiger partial charge in [0.05, 0.1) is 17.2 Å². The number of fused-ring (bicyclic) bond motifs is 2. The van der Waals surface area contributed by atoms with Crippen molar-refractivity contribution in [2.75, 3.05) is 7.05 Å². The highest BCUT2D eigenvalue weighted by molar-refractivity contribution is 5.36. The van der Waals surface area contributed by atoms with Crippen LogP contribution in [0.1, 0.15) is 43.2 Å². The van der Waals surface area contributed by atoms with E-state index in [1.165, 1.54) is 12.5 Å². The summed E-state index contributed by atoms with van der Waals surface area (Å²) < 4.78 is 14.2. The fourth-order valence-corrected chi connectivity index (χ4v) is 3.83. The standard InChI is InChI=1S/C16H19FN2O/c1-19-12-3-2-4-13(19)9-16(20,8-12)14-6-5-11(10-18)7-15(14)17/h5-7,12-13,20H,2-4,8-9H2,1H3. The van der Waals surface area contributed by atoms with Crippen molar-refractivity contribution in [1.29, 1.82) is 5.26 Å². The molecular formula is C16H19FN2O. The molecule has 2 atom stereocenters. The molecule has 2 fully saturated rings. The summed E-state index contributed by atoms with van der Waals surface area (Å²) in [5, 5.41) is 19.8.